The van der Waals surface area contributed by atoms with Crippen molar-refractivity contribution in [1.82, 2.24) is 4.98 Å². The van der Waals surface area contributed by atoms with E-state index in [2.05, 4.69) is 89.8 Å². The molecule has 0 aliphatic carbocycles. The van der Waals surface area contributed by atoms with Crippen molar-refractivity contribution in [3.8, 4) is 11.1 Å². The summed E-state index contributed by atoms with van der Waals surface area (Å²) in [5.41, 5.74) is 5.43. The van der Waals surface area contributed by atoms with Gasteiger partial charge in [-0.2, -0.15) is 0 Å². The van der Waals surface area contributed by atoms with Gasteiger partial charge in [0.1, 0.15) is 0 Å². The van der Waals surface area contributed by atoms with E-state index in [0.717, 1.165) is 22.7 Å². The molecule has 0 saturated heterocycles. The highest BCUT2D eigenvalue weighted by atomic mass is 16.4. The molecule has 0 unspecified atom stereocenters. The van der Waals surface area contributed by atoms with Gasteiger partial charge in [0.05, 0.1) is 24.2 Å². The Hall–Kier alpha value is -3.34. The Morgan fingerprint density at radius 2 is 1.86 bits per heavy atom. The first-order valence-electron chi connectivity index (χ1n) is 9.54. The van der Waals surface area contributed by atoms with Crippen LogP contribution in [0.3, 0.4) is 0 Å². The topological polar surface area (TPSA) is 33.2 Å². The van der Waals surface area contributed by atoms with Gasteiger partial charge in [0.25, 0.3) is 11.7 Å². The summed E-state index contributed by atoms with van der Waals surface area (Å²) in [6.45, 7) is 4.52. The number of rotatable bonds is 2. The zero-order valence-electron chi connectivity index (χ0n) is 16.3. The van der Waals surface area contributed by atoms with E-state index in [1.807, 2.05) is 12.1 Å². The fourth-order valence-corrected chi connectivity index (χ4v) is 4.10. The van der Waals surface area contributed by atoms with E-state index in [1.54, 1.807) is 6.20 Å². The van der Waals surface area contributed by atoms with Crippen LogP contribution in [0.15, 0.2) is 77.4 Å². The smallest absolute Gasteiger partial charge is 0.404 e. The molecular formula is C23H21BN3O+. The van der Waals surface area contributed by atoms with Gasteiger partial charge in [-0.3, -0.25) is 4.81 Å². The second-order valence-corrected chi connectivity index (χ2v) is 7.35. The molecule has 0 N–H and O–H groups in total. The third kappa shape index (κ3) is 2.54. The van der Waals surface area contributed by atoms with Gasteiger partial charge in [-0.15, -0.1) is 0 Å². The lowest BCUT2D eigenvalue weighted by molar-refractivity contribution is -0.658. The van der Waals surface area contributed by atoms with Crippen LogP contribution >= 0.6 is 0 Å². The van der Waals surface area contributed by atoms with Gasteiger partial charge in [0.2, 0.25) is 5.71 Å². The highest BCUT2D eigenvalue weighted by Gasteiger charge is 2.39. The van der Waals surface area contributed by atoms with Crippen molar-refractivity contribution < 1.29 is 8.98 Å². The van der Waals surface area contributed by atoms with Gasteiger partial charge in [0, 0.05) is 12.3 Å². The number of hydrogen-bond acceptors (Lipinski definition) is 3. The van der Waals surface area contributed by atoms with Crippen LogP contribution in [0.5, 0.6) is 0 Å². The summed E-state index contributed by atoms with van der Waals surface area (Å²) in [5, 5.41) is 1.06. The number of hydrogen-bond donors (Lipinski definition) is 0. The Kier molecular flexibility index (Phi) is 3.83. The summed E-state index contributed by atoms with van der Waals surface area (Å²) in [6.07, 6.45) is 3.89. The molecule has 28 heavy (non-hydrogen) atoms. The standard InChI is InChI=1S/C23H21BN3O/c1-16-15-24(2)27(23-21(16)19-10-7-12-25-22(19)28-23)20-14-18(11-13-26(20)3)17-8-5-4-6-9-17/h4-15H,1-3H3/q+1. The lowest BCUT2D eigenvalue weighted by Crippen LogP contribution is -2.43. The molecule has 0 amide bonds. The van der Waals surface area contributed by atoms with Crippen molar-refractivity contribution in [1.29, 1.82) is 0 Å². The Morgan fingerprint density at radius 3 is 2.68 bits per heavy atom. The lowest BCUT2D eigenvalue weighted by atomic mass is 9.59. The first kappa shape index (κ1) is 16.8. The van der Waals surface area contributed by atoms with E-state index >= 15 is 0 Å². The van der Waals surface area contributed by atoms with E-state index in [0.29, 0.717) is 5.71 Å². The van der Waals surface area contributed by atoms with Gasteiger partial charge in [-0.1, -0.05) is 36.3 Å². The molecule has 1 aliphatic heterocycles. The average Bonchev–Trinajstić information content (AvgIpc) is 3.09. The van der Waals surface area contributed by atoms with E-state index in [4.69, 9.17) is 4.42 Å². The van der Waals surface area contributed by atoms with Gasteiger partial charge < -0.3 is 4.42 Å². The number of aryl methyl sites for hydroxylation is 1. The number of nitrogens with zero attached hydrogens (tertiary/aromatic N) is 3. The predicted molar refractivity (Wildman–Crippen MR) is 114 cm³/mol. The van der Waals surface area contributed by atoms with Crippen molar-refractivity contribution in [3.05, 3.63) is 78.5 Å². The minimum atomic E-state index is 0.172. The van der Waals surface area contributed by atoms with Crippen LogP contribution in [0, 0.1) is 0 Å². The number of pyridine rings is 2. The second-order valence-electron chi connectivity index (χ2n) is 7.35. The summed E-state index contributed by atoms with van der Waals surface area (Å²) in [4.78, 5) is 6.69. The molecule has 0 radical (unpaired) electrons. The molecule has 0 bridgehead atoms. The molecule has 5 rings (SSSR count). The van der Waals surface area contributed by atoms with Crippen LogP contribution in [-0.4, -0.2) is 11.8 Å². The molecule has 0 atom stereocenters. The molecule has 1 aromatic carbocycles. The van der Waals surface area contributed by atoms with Crippen LogP contribution in [0.4, 0.5) is 11.7 Å². The summed E-state index contributed by atoms with van der Waals surface area (Å²) in [5.74, 6) is 4.24. The van der Waals surface area contributed by atoms with E-state index in [-0.39, 0.29) is 6.85 Å². The molecule has 4 heterocycles. The first-order valence-corrected chi connectivity index (χ1v) is 9.54. The van der Waals surface area contributed by atoms with Crippen LogP contribution in [-0.2, 0) is 7.05 Å². The molecule has 5 heteroatoms. The van der Waals surface area contributed by atoms with Crippen LogP contribution in [0.1, 0.15) is 12.5 Å². The van der Waals surface area contributed by atoms with E-state index in [1.165, 1.54) is 16.7 Å². The average molecular weight is 366 g/mol. The largest absolute Gasteiger partial charge is 0.406 e. The van der Waals surface area contributed by atoms with Crippen LogP contribution in [0.25, 0.3) is 27.8 Å². The van der Waals surface area contributed by atoms with E-state index in [9.17, 15) is 0 Å². The van der Waals surface area contributed by atoms with E-state index < -0.39 is 0 Å². The SMILES string of the molecule is CB1C=C(C)c2c(oc3ncccc23)N1c1cc(-c2ccccc2)cc[n+]1C. The summed E-state index contributed by atoms with van der Waals surface area (Å²) >= 11 is 0. The molecule has 0 saturated carbocycles. The summed E-state index contributed by atoms with van der Waals surface area (Å²) in [6, 6.07) is 18.9. The van der Waals surface area contributed by atoms with Gasteiger partial charge >= 0.3 is 6.85 Å². The first-order chi connectivity index (χ1) is 13.6. The Balaban J connectivity index is 1.72. The molecule has 4 aromatic rings. The second kappa shape index (κ2) is 6.38. The lowest BCUT2D eigenvalue weighted by Gasteiger charge is -2.24. The van der Waals surface area contributed by atoms with Gasteiger partial charge in [-0.05, 0) is 48.6 Å². The Bertz CT molecular complexity index is 1210. The van der Waals surface area contributed by atoms with Crippen molar-refractivity contribution >= 4 is 35.2 Å². The normalized spacial score (nSPS) is 13.6. The zero-order chi connectivity index (χ0) is 19.3. The quantitative estimate of drug-likeness (QED) is 0.368. The molecular weight excluding hydrogens is 345 g/mol. The molecule has 136 valence electrons. The fourth-order valence-electron chi connectivity index (χ4n) is 4.10. The van der Waals surface area contributed by atoms with Crippen LogP contribution < -0.4 is 9.38 Å². The molecule has 0 fully saturated rings. The zero-order valence-corrected chi connectivity index (χ0v) is 16.3. The van der Waals surface area contributed by atoms with Gasteiger partial charge in [0.15, 0.2) is 0 Å². The minimum Gasteiger partial charge on any atom is -0.404 e. The number of furan rings is 1. The highest BCUT2D eigenvalue weighted by molar-refractivity contribution is 6.70. The Morgan fingerprint density at radius 1 is 1.04 bits per heavy atom. The number of anilines is 2. The third-order valence-electron chi connectivity index (χ3n) is 5.44. The maximum atomic E-state index is 6.26. The number of fused-ring (bicyclic) bond motifs is 3. The van der Waals surface area contributed by atoms with Crippen molar-refractivity contribution in [3.63, 3.8) is 0 Å². The molecule has 1 aliphatic rings. The minimum absolute atomic E-state index is 0.172. The fraction of sp³-hybridized carbons (Fsp3) is 0.130. The van der Waals surface area contributed by atoms with Gasteiger partial charge in [-0.25, -0.2) is 9.55 Å². The summed E-state index contributed by atoms with van der Waals surface area (Å²) in [7, 11) is 2.07. The maximum Gasteiger partial charge on any atom is 0.406 e. The molecule has 4 nitrogen and oxygen atoms in total. The molecule has 3 aromatic heterocycles. The summed E-state index contributed by atoms with van der Waals surface area (Å²) < 4.78 is 8.40. The highest BCUT2D eigenvalue weighted by Crippen LogP contribution is 2.43. The van der Waals surface area contributed by atoms with Crippen molar-refractivity contribution in [2.75, 3.05) is 4.81 Å². The number of benzene rings is 1. The van der Waals surface area contributed by atoms with Crippen molar-refractivity contribution in [2.24, 2.45) is 7.05 Å². The number of aromatic nitrogens is 2. The maximum absolute atomic E-state index is 6.26. The molecule has 0 spiro atoms. The van der Waals surface area contributed by atoms with Crippen LogP contribution in [0.2, 0.25) is 6.82 Å². The number of allylic oxidation sites excluding steroid dienone is 1. The van der Waals surface area contributed by atoms with Crippen molar-refractivity contribution in [2.45, 2.75) is 13.7 Å². The third-order valence-corrected chi connectivity index (χ3v) is 5.44. The predicted octanol–water partition coefficient (Wildman–Crippen LogP) is 5.03. The monoisotopic (exact) mass is 366 g/mol. The Labute approximate surface area is 164 Å².